The van der Waals surface area contributed by atoms with Crippen molar-refractivity contribution >= 4 is 40.7 Å². The Morgan fingerprint density at radius 1 is 1.33 bits per heavy atom. The van der Waals surface area contributed by atoms with E-state index in [0.29, 0.717) is 12.0 Å². The van der Waals surface area contributed by atoms with Gasteiger partial charge in [-0.15, -0.1) is 24.0 Å². The van der Waals surface area contributed by atoms with Gasteiger partial charge in [0, 0.05) is 31.7 Å². The fraction of sp³-hybridized carbons (Fsp3) is 0.474. The lowest BCUT2D eigenvalue weighted by molar-refractivity contribution is 0.322. The zero-order chi connectivity index (χ0) is 16.3. The van der Waals surface area contributed by atoms with Gasteiger partial charge in [0.25, 0.3) is 0 Å². The lowest BCUT2D eigenvalue weighted by Gasteiger charge is -2.25. The van der Waals surface area contributed by atoms with Gasteiger partial charge in [-0.25, -0.2) is 0 Å². The fourth-order valence-electron chi connectivity index (χ4n) is 3.31. The molecule has 5 heteroatoms. The monoisotopic (exact) mass is 438 g/mol. The molecule has 2 aromatic rings. The van der Waals surface area contributed by atoms with Crippen molar-refractivity contribution in [2.45, 2.75) is 33.2 Å². The van der Waals surface area contributed by atoms with Crippen LogP contribution in [0.4, 0.5) is 0 Å². The molecule has 1 aliphatic heterocycles. The normalized spacial score (nSPS) is 21.0. The number of aliphatic imine (C=N–C) groups is 1. The van der Waals surface area contributed by atoms with Gasteiger partial charge in [-0.3, -0.25) is 9.98 Å². The van der Waals surface area contributed by atoms with Crippen LogP contribution in [0.1, 0.15) is 32.4 Å². The molecule has 0 spiro atoms. The zero-order valence-corrected chi connectivity index (χ0v) is 17.1. The number of pyridine rings is 1. The van der Waals surface area contributed by atoms with Crippen LogP contribution in [0.3, 0.4) is 0 Å². The van der Waals surface area contributed by atoms with Crippen molar-refractivity contribution in [1.29, 1.82) is 0 Å². The van der Waals surface area contributed by atoms with Crippen molar-refractivity contribution in [2.75, 3.05) is 20.1 Å². The molecule has 1 aromatic carbocycles. The van der Waals surface area contributed by atoms with E-state index in [0.717, 1.165) is 24.7 Å². The van der Waals surface area contributed by atoms with E-state index in [9.17, 15) is 0 Å². The molecule has 3 rings (SSSR count). The average Bonchev–Trinajstić information content (AvgIpc) is 2.98. The van der Waals surface area contributed by atoms with Crippen LogP contribution in [0, 0.1) is 5.41 Å². The van der Waals surface area contributed by atoms with Gasteiger partial charge in [0.05, 0.1) is 12.2 Å². The SMILES string of the molecule is CCC1(C)CCN(C(=NC)NCc2nccc3ccccc23)C1.I. The van der Waals surface area contributed by atoms with E-state index >= 15 is 0 Å². The molecule has 1 unspecified atom stereocenters. The predicted octanol–water partition coefficient (Wildman–Crippen LogP) is 4.05. The van der Waals surface area contributed by atoms with Crippen LogP contribution in [-0.4, -0.2) is 36.0 Å². The van der Waals surface area contributed by atoms with Gasteiger partial charge in [0.15, 0.2) is 5.96 Å². The van der Waals surface area contributed by atoms with Crippen LogP contribution >= 0.6 is 24.0 Å². The van der Waals surface area contributed by atoms with Crippen molar-refractivity contribution in [3.63, 3.8) is 0 Å². The summed E-state index contributed by atoms with van der Waals surface area (Å²) in [6.07, 6.45) is 4.33. The number of hydrogen-bond acceptors (Lipinski definition) is 2. The summed E-state index contributed by atoms with van der Waals surface area (Å²) in [5.41, 5.74) is 1.48. The predicted molar refractivity (Wildman–Crippen MR) is 112 cm³/mol. The summed E-state index contributed by atoms with van der Waals surface area (Å²) in [7, 11) is 1.86. The quantitative estimate of drug-likeness (QED) is 0.447. The van der Waals surface area contributed by atoms with E-state index in [4.69, 9.17) is 0 Å². The van der Waals surface area contributed by atoms with E-state index in [1.54, 1.807) is 0 Å². The van der Waals surface area contributed by atoms with E-state index in [2.05, 4.69) is 64.4 Å². The van der Waals surface area contributed by atoms with Crippen molar-refractivity contribution in [3.05, 3.63) is 42.2 Å². The molecule has 2 heterocycles. The van der Waals surface area contributed by atoms with Gasteiger partial charge in [-0.05, 0) is 29.7 Å². The largest absolute Gasteiger partial charge is 0.351 e. The van der Waals surface area contributed by atoms with Crippen molar-refractivity contribution in [1.82, 2.24) is 15.2 Å². The van der Waals surface area contributed by atoms with Gasteiger partial charge < -0.3 is 10.2 Å². The van der Waals surface area contributed by atoms with E-state index in [1.807, 2.05) is 13.2 Å². The van der Waals surface area contributed by atoms with Crippen LogP contribution in [-0.2, 0) is 6.54 Å². The van der Waals surface area contributed by atoms with Gasteiger partial charge >= 0.3 is 0 Å². The van der Waals surface area contributed by atoms with Crippen molar-refractivity contribution < 1.29 is 0 Å². The number of fused-ring (bicyclic) bond motifs is 1. The van der Waals surface area contributed by atoms with Crippen LogP contribution < -0.4 is 5.32 Å². The summed E-state index contributed by atoms with van der Waals surface area (Å²) in [5.74, 6) is 0.983. The van der Waals surface area contributed by atoms with Crippen molar-refractivity contribution in [3.8, 4) is 0 Å². The first-order valence-corrected chi connectivity index (χ1v) is 8.43. The first kappa shape index (κ1) is 19.0. The van der Waals surface area contributed by atoms with Crippen LogP contribution in [0.5, 0.6) is 0 Å². The highest BCUT2D eigenvalue weighted by molar-refractivity contribution is 14.0. The Morgan fingerprint density at radius 3 is 2.83 bits per heavy atom. The Kier molecular flexibility index (Phi) is 6.43. The van der Waals surface area contributed by atoms with Gasteiger partial charge in [-0.1, -0.05) is 38.1 Å². The van der Waals surface area contributed by atoms with Gasteiger partial charge in [-0.2, -0.15) is 0 Å². The van der Waals surface area contributed by atoms with E-state index < -0.39 is 0 Å². The summed E-state index contributed by atoms with van der Waals surface area (Å²) in [4.78, 5) is 11.4. The van der Waals surface area contributed by atoms with Crippen molar-refractivity contribution in [2.24, 2.45) is 10.4 Å². The molecule has 130 valence electrons. The molecule has 1 saturated heterocycles. The smallest absolute Gasteiger partial charge is 0.193 e. The molecule has 1 aromatic heterocycles. The second kappa shape index (κ2) is 8.14. The number of benzene rings is 1. The maximum Gasteiger partial charge on any atom is 0.193 e. The molecule has 0 saturated carbocycles. The number of nitrogens with zero attached hydrogens (tertiary/aromatic N) is 3. The van der Waals surface area contributed by atoms with Crippen LogP contribution in [0.15, 0.2) is 41.5 Å². The second-order valence-corrected chi connectivity index (χ2v) is 6.72. The number of rotatable bonds is 3. The minimum Gasteiger partial charge on any atom is -0.351 e. The maximum absolute atomic E-state index is 4.55. The molecule has 1 aliphatic rings. The van der Waals surface area contributed by atoms with Crippen LogP contribution in [0.25, 0.3) is 10.8 Å². The number of hydrogen-bond donors (Lipinski definition) is 1. The minimum atomic E-state index is 0. The summed E-state index contributed by atoms with van der Waals surface area (Å²) >= 11 is 0. The molecule has 0 amide bonds. The molecule has 1 N–H and O–H groups in total. The average molecular weight is 438 g/mol. The highest BCUT2D eigenvalue weighted by Gasteiger charge is 2.33. The number of nitrogens with one attached hydrogen (secondary N) is 1. The van der Waals surface area contributed by atoms with Crippen LogP contribution in [0.2, 0.25) is 0 Å². The molecule has 0 bridgehead atoms. The Balaban J connectivity index is 0.00000208. The molecule has 24 heavy (non-hydrogen) atoms. The molecule has 1 atom stereocenters. The number of aromatic nitrogens is 1. The Labute approximate surface area is 161 Å². The maximum atomic E-state index is 4.55. The number of guanidine groups is 1. The fourth-order valence-corrected chi connectivity index (χ4v) is 3.31. The molecule has 4 nitrogen and oxygen atoms in total. The molecule has 1 fully saturated rings. The summed E-state index contributed by atoms with van der Waals surface area (Å²) in [6, 6.07) is 10.4. The first-order valence-electron chi connectivity index (χ1n) is 8.43. The number of halogens is 1. The summed E-state index contributed by atoms with van der Waals surface area (Å²) in [5, 5.41) is 5.93. The Hall–Kier alpha value is -1.37. The third kappa shape index (κ3) is 3.99. The molecular weight excluding hydrogens is 411 g/mol. The lowest BCUT2D eigenvalue weighted by Crippen LogP contribution is -2.40. The van der Waals surface area contributed by atoms with E-state index in [-0.39, 0.29) is 24.0 Å². The highest BCUT2D eigenvalue weighted by Crippen LogP contribution is 2.32. The van der Waals surface area contributed by atoms with Gasteiger partial charge in [0.1, 0.15) is 0 Å². The second-order valence-electron chi connectivity index (χ2n) is 6.72. The highest BCUT2D eigenvalue weighted by atomic mass is 127. The third-order valence-corrected chi connectivity index (χ3v) is 5.09. The third-order valence-electron chi connectivity index (χ3n) is 5.09. The lowest BCUT2D eigenvalue weighted by atomic mass is 9.87. The molecular formula is C19H27IN4. The number of likely N-dealkylation sites (tertiary alicyclic amines) is 1. The zero-order valence-electron chi connectivity index (χ0n) is 14.7. The first-order chi connectivity index (χ1) is 11.1. The molecule has 0 radical (unpaired) electrons. The molecule has 0 aliphatic carbocycles. The minimum absolute atomic E-state index is 0. The summed E-state index contributed by atoms with van der Waals surface area (Å²) < 4.78 is 0. The Morgan fingerprint density at radius 2 is 2.12 bits per heavy atom. The van der Waals surface area contributed by atoms with E-state index in [1.165, 1.54) is 23.6 Å². The van der Waals surface area contributed by atoms with Gasteiger partial charge in [0.2, 0.25) is 0 Å². The Bertz CT molecular complexity index is 710. The topological polar surface area (TPSA) is 40.5 Å². The summed E-state index contributed by atoms with van der Waals surface area (Å²) in [6.45, 7) is 7.50. The standard InChI is InChI=1S/C19H26N4.HI/c1-4-19(2)10-12-23(14-19)18(20-3)22-13-17-16-8-6-5-7-15(16)9-11-21-17;/h5-9,11H,4,10,12-14H2,1-3H3,(H,20,22);1H.